The number of H-pyrrole nitrogens is 1. The number of morpholine rings is 1. The van der Waals surface area contributed by atoms with Crippen LogP contribution in [0.25, 0.3) is 10.9 Å². The summed E-state index contributed by atoms with van der Waals surface area (Å²) in [6, 6.07) is 2.41. The quantitative estimate of drug-likeness (QED) is 0.859. The van der Waals surface area contributed by atoms with Gasteiger partial charge in [-0.2, -0.15) is 5.10 Å². The van der Waals surface area contributed by atoms with E-state index in [0.717, 1.165) is 22.4 Å². The highest BCUT2D eigenvalue weighted by molar-refractivity contribution is 5.92. The van der Waals surface area contributed by atoms with Crippen molar-refractivity contribution in [1.82, 2.24) is 20.1 Å². The van der Waals surface area contributed by atoms with Gasteiger partial charge in [0.15, 0.2) is 0 Å². The molecule has 7 nitrogen and oxygen atoms in total. The summed E-state index contributed by atoms with van der Waals surface area (Å²) in [4.78, 5) is 18.9. The van der Waals surface area contributed by atoms with Crippen LogP contribution in [0.1, 0.15) is 44.2 Å². The van der Waals surface area contributed by atoms with Gasteiger partial charge in [-0.25, -0.2) is 4.98 Å². The maximum Gasteiger partial charge on any atom is 0.223 e. The number of nitrogens with zero attached hydrogens (tertiary/aromatic N) is 3. The molecule has 26 heavy (non-hydrogen) atoms. The molecule has 2 aromatic heterocycles. The number of nitrogens with one attached hydrogen (secondary N) is 2. The highest BCUT2D eigenvalue weighted by Crippen LogP contribution is 2.27. The first-order valence-corrected chi connectivity index (χ1v) is 9.75. The molecule has 2 aromatic rings. The number of anilines is 1. The summed E-state index contributed by atoms with van der Waals surface area (Å²) < 4.78 is 5.32. The Labute approximate surface area is 153 Å². The normalized spacial score (nSPS) is 19.0. The molecule has 1 saturated carbocycles. The van der Waals surface area contributed by atoms with Gasteiger partial charge in [-0.05, 0) is 25.3 Å². The Bertz CT molecular complexity index is 747. The van der Waals surface area contributed by atoms with Crippen LogP contribution in [-0.2, 0) is 16.0 Å². The van der Waals surface area contributed by atoms with E-state index in [0.29, 0.717) is 45.2 Å². The molecule has 140 valence electrons. The van der Waals surface area contributed by atoms with E-state index in [2.05, 4.69) is 20.5 Å². The predicted octanol–water partition coefficient (Wildman–Crippen LogP) is 2.49. The van der Waals surface area contributed by atoms with E-state index in [4.69, 9.17) is 4.74 Å². The average Bonchev–Trinajstić information content (AvgIpc) is 3.12. The van der Waals surface area contributed by atoms with Crippen LogP contribution in [0.15, 0.2) is 12.3 Å². The second kappa shape index (κ2) is 8.03. The van der Waals surface area contributed by atoms with Gasteiger partial charge < -0.3 is 15.0 Å². The molecule has 0 bridgehead atoms. The number of amides is 1. The molecule has 1 aliphatic heterocycles. The van der Waals surface area contributed by atoms with E-state index < -0.39 is 0 Å². The number of fused-ring (bicyclic) bond motifs is 1. The van der Waals surface area contributed by atoms with Crippen LogP contribution in [0.3, 0.4) is 0 Å². The van der Waals surface area contributed by atoms with Gasteiger partial charge in [0.05, 0.1) is 24.1 Å². The van der Waals surface area contributed by atoms with Crippen LogP contribution in [0, 0.1) is 0 Å². The Morgan fingerprint density at radius 1 is 1.27 bits per heavy atom. The lowest BCUT2D eigenvalue weighted by atomic mass is 9.95. The topological polar surface area (TPSA) is 83.1 Å². The third kappa shape index (κ3) is 3.82. The molecule has 7 heteroatoms. The molecule has 2 N–H and O–H groups in total. The van der Waals surface area contributed by atoms with Crippen molar-refractivity contribution in [2.75, 3.05) is 31.6 Å². The van der Waals surface area contributed by atoms with E-state index in [1.54, 1.807) is 6.20 Å². The standard InChI is InChI=1S/C19H27N5O2/c25-17(24-10-12-26-13-11-24)7-6-15-18-16(23-22-15)8-9-20-19(18)21-14-4-2-1-3-5-14/h8-9,14H,1-7,10-13H2,(H,20,21)(H,22,23). The van der Waals surface area contributed by atoms with Crippen LogP contribution in [0.2, 0.25) is 0 Å². The van der Waals surface area contributed by atoms with Gasteiger partial charge in [0.25, 0.3) is 0 Å². The Balaban J connectivity index is 1.47. The van der Waals surface area contributed by atoms with Gasteiger partial charge in [-0.15, -0.1) is 0 Å². The van der Waals surface area contributed by atoms with Gasteiger partial charge in [-0.1, -0.05) is 19.3 Å². The molecule has 0 aromatic carbocycles. The Hall–Kier alpha value is -2.15. The molecule has 1 amide bonds. The van der Waals surface area contributed by atoms with Crippen molar-refractivity contribution in [3.63, 3.8) is 0 Å². The van der Waals surface area contributed by atoms with E-state index in [1.165, 1.54) is 32.1 Å². The van der Waals surface area contributed by atoms with Crippen LogP contribution < -0.4 is 5.32 Å². The van der Waals surface area contributed by atoms with Crippen molar-refractivity contribution in [2.45, 2.75) is 51.0 Å². The van der Waals surface area contributed by atoms with Gasteiger partial charge in [0.2, 0.25) is 5.91 Å². The van der Waals surface area contributed by atoms with E-state index in [1.807, 2.05) is 11.0 Å². The zero-order valence-corrected chi connectivity index (χ0v) is 15.2. The van der Waals surface area contributed by atoms with Gasteiger partial charge in [0, 0.05) is 37.4 Å². The summed E-state index contributed by atoms with van der Waals surface area (Å²) in [6.07, 6.45) is 9.21. The molecule has 4 rings (SSSR count). The second-order valence-corrected chi connectivity index (χ2v) is 7.23. The Morgan fingerprint density at radius 3 is 2.88 bits per heavy atom. The van der Waals surface area contributed by atoms with Crippen molar-refractivity contribution >= 4 is 22.6 Å². The molecule has 0 radical (unpaired) electrons. The Morgan fingerprint density at radius 2 is 2.08 bits per heavy atom. The number of aryl methyl sites for hydroxylation is 1. The Kier molecular flexibility index (Phi) is 5.34. The summed E-state index contributed by atoms with van der Waals surface area (Å²) >= 11 is 0. The lowest BCUT2D eigenvalue weighted by Crippen LogP contribution is -2.40. The van der Waals surface area contributed by atoms with Crippen LogP contribution in [0.4, 0.5) is 5.82 Å². The fourth-order valence-electron chi connectivity index (χ4n) is 3.96. The third-order valence-electron chi connectivity index (χ3n) is 5.44. The highest BCUT2D eigenvalue weighted by atomic mass is 16.5. The largest absolute Gasteiger partial charge is 0.378 e. The number of hydrogen-bond donors (Lipinski definition) is 2. The number of aromatic nitrogens is 3. The predicted molar refractivity (Wildman–Crippen MR) is 100 cm³/mol. The van der Waals surface area contributed by atoms with Crippen LogP contribution >= 0.6 is 0 Å². The summed E-state index contributed by atoms with van der Waals surface area (Å²) in [5, 5.41) is 12.2. The van der Waals surface area contributed by atoms with Gasteiger partial charge in [-0.3, -0.25) is 9.89 Å². The van der Waals surface area contributed by atoms with Gasteiger partial charge >= 0.3 is 0 Å². The summed E-state index contributed by atoms with van der Waals surface area (Å²) in [5.41, 5.74) is 1.90. The van der Waals surface area contributed by atoms with Crippen LogP contribution in [0.5, 0.6) is 0 Å². The second-order valence-electron chi connectivity index (χ2n) is 7.23. The van der Waals surface area contributed by atoms with Crippen LogP contribution in [-0.4, -0.2) is 58.3 Å². The molecular weight excluding hydrogens is 330 g/mol. The fraction of sp³-hybridized carbons (Fsp3) is 0.632. The molecular formula is C19H27N5O2. The van der Waals surface area contributed by atoms with Crippen molar-refractivity contribution in [1.29, 1.82) is 0 Å². The monoisotopic (exact) mass is 357 g/mol. The minimum atomic E-state index is 0.182. The molecule has 2 fully saturated rings. The smallest absolute Gasteiger partial charge is 0.223 e. The molecule has 0 spiro atoms. The first-order chi connectivity index (χ1) is 12.8. The number of carbonyl (C=O) groups is 1. The zero-order chi connectivity index (χ0) is 17.8. The molecule has 1 aliphatic carbocycles. The number of ether oxygens (including phenoxy) is 1. The van der Waals surface area contributed by atoms with Crippen molar-refractivity contribution in [3.05, 3.63) is 18.0 Å². The maximum absolute atomic E-state index is 12.4. The number of aromatic amines is 1. The lowest BCUT2D eigenvalue weighted by Gasteiger charge is -2.26. The number of pyridine rings is 1. The van der Waals surface area contributed by atoms with E-state index in [-0.39, 0.29) is 5.91 Å². The van der Waals surface area contributed by atoms with Crippen molar-refractivity contribution < 1.29 is 9.53 Å². The zero-order valence-electron chi connectivity index (χ0n) is 15.2. The van der Waals surface area contributed by atoms with Gasteiger partial charge in [0.1, 0.15) is 5.82 Å². The summed E-state index contributed by atoms with van der Waals surface area (Å²) in [5.74, 6) is 1.08. The lowest BCUT2D eigenvalue weighted by molar-refractivity contribution is -0.135. The molecule has 0 atom stereocenters. The third-order valence-corrected chi connectivity index (χ3v) is 5.44. The van der Waals surface area contributed by atoms with Crippen molar-refractivity contribution in [3.8, 4) is 0 Å². The average molecular weight is 357 g/mol. The van der Waals surface area contributed by atoms with E-state index >= 15 is 0 Å². The number of hydrogen-bond acceptors (Lipinski definition) is 5. The number of carbonyl (C=O) groups excluding carboxylic acids is 1. The number of rotatable bonds is 5. The molecule has 3 heterocycles. The first-order valence-electron chi connectivity index (χ1n) is 9.75. The highest BCUT2D eigenvalue weighted by Gasteiger charge is 2.20. The SMILES string of the molecule is O=C(CCc1[nH]nc2ccnc(NC3CCCCC3)c12)N1CCOCC1. The first kappa shape index (κ1) is 17.3. The van der Waals surface area contributed by atoms with Crippen molar-refractivity contribution in [2.24, 2.45) is 0 Å². The van der Waals surface area contributed by atoms with E-state index in [9.17, 15) is 4.79 Å². The maximum atomic E-state index is 12.4. The molecule has 0 unspecified atom stereocenters. The summed E-state index contributed by atoms with van der Waals surface area (Å²) in [6.45, 7) is 2.66. The summed E-state index contributed by atoms with van der Waals surface area (Å²) in [7, 11) is 0. The minimum absolute atomic E-state index is 0.182. The fourth-order valence-corrected chi connectivity index (χ4v) is 3.96. The minimum Gasteiger partial charge on any atom is -0.378 e. The molecule has 1 saturated heterocycles. The molecule has 2 aliphatic rings.